The van der Waals surface area contributed by atoms with Crippen molar-refractivity contribution in [2.24, 2.45) is 0 Å². The number of carbonyl (C=O) groups excluding carboxylic acids is 1. The summed E-state index contributed by atoms with van der Waals surface area (Å²) in [6, 6.07) is 16.4. The molecule has 3 aromatic carbocycles. The predicted molar refractivity (Wildman–Crippen MR) is 113 cm³/mol. The summed E-state index contributed by atoms with van der Waals surface area (Å²) in [6.45, 7) is 0. The molecule has 1 amide bonds. The number of halogens is 1. The van der Waals surface area contributed by atoms with Crippen LogP contribution in [0.3, 0.4) is 0 Å². The molecule has 2 N–H and O–H groups in total. The molecule has 0 saturated heterocycles. The normalized spacial score (nSPS) is 15.0. The molecule has 3 aromatic rings. The van der Waals surface area contributed by atoms with Crippen molar-refractivity contribution >= 4 is 27.3 Å². The smallest absolute Gasteiger partial charge is 0.265 e. The van der Waals surface area contributed by atoms with Crippen LogP contribution >= 0.6 is 0 Å². The van der Waals surface area contributed by atoms with E-state index in [0.29, 0.717) is 17.9 Å². The van der Waals surface area contributed by atoms with Gasteiger partial charge in [-0.25, -0.2) is 12.8 Å². The Hall–Kier alpha value is -3.59. The number of nitrogens with one attached hydrogen (secondary N) is 2. The summed E-state index contributed by atoms with van der Waals surface area (Å²) >= 11 is 0. The molecule has 31 heavy (non-hydrogen) atoms. The summed E-state index contributed by atoms with van der Waals surface area (Å²) in [7, 11) is -2.60. The lowest BCUT2D eigenvalue weighted by Gasteiger charge is -2.15. The number of ether oxygens (including phenoxy) is 2. The zero-order chi connectivity index (χ0) is 22.0. The number of benzene rings is 3. The van der Waals surface area contributed by atoms with Gasteiger partial charge in [-0.1, -0.05) is 18.2 Å². The molecule has 0 saturated carbocycles. The van der Waals surface area contributed by atoms with E-state index in [-0.39, 0.29) is 22.2 Å². The summed E-state index contributed by atoms with van der Waals surface area (Å²) in [5, 5.41) is 2.74. The fraction of sp³-hybridized carbons (Fsp3) is 0.136. The molecule has 160 valence electrons. The second-order valence-corrected chi connectivity index (χ2v) is 8.56. The summed E-state index contributed by atoms with van der Waals surface area (Å²) in [6.07, 6.45) is -0.235. The van der Waals surface area contributed by atoms with Gasteiger partial charge in [0.15, 0.2) is 6.10 Å². The standard InChI is InChI=1S/C22H19FN2O5S/c1-29-20-11-8-16(24-22(26)21-12-14-4-2-3-5-19(14)30-21)13-18(20)25-31(27,28)17-9-6-15(23)7-10-17/h2-11,13,21,25H,12H2,1H3,(H,24,26)/t21-/m1/s1. The van der Waals surface area contributed by atoms with Crippen LogP contribution in [0, 0.1) is 5.82 Å². The van der Waals surface area contributed by atoms with Crippen LogP contribution in [0.25, 0.3) is 0 Å². The molecular formula is C22H19FN2O5S. The Morgan fingerprint density at radius 2 is 1.84 bits per heavy atom. The Labute approximate surface area is 178 Å². The first-order valence-corrected chi connectivity index (χ1v) is 10.9. The molecule has 0 radical (unpaired) electrons. The van der Waals surface area contributed by atoms with Gasteiger partial charge in [0.25, 0.3) is 15.9 Å². The molecule has 7 nitrogen and oxygen atoms in total. The van der Waals surface area contributed by atoms with Crippen LogP contribution in [0.15, 0.2) is 71.6 Å². The Bertz CT molecular complexity index is 1200. The molecule has 9 heteroatoms. The number of anilines is 2. The Balaban J connectivity index is 1.52. The van der Waals surface area contributed by atoms with E-state index in [2.05, 4.69) is 10.0 Å². The predicted octanol–water partition coefficient (Wildman–Crippen LogP) is 3.58. The van der Waals surface area contributed by atoms with Crippen LogP contribution in [-0.4, -0.2) is 27.5 Å². The maximum atomic E-state index is 13.1. The molecule has 1 aliphatic rings. The highest BCUT2D eigenvalue weighted by Gasteiger charge is 2.29. The fourth-order valence-electron chi connectivity index (χ4n) is 3.23. The number of amides is 1. The van der Waals surface area contributed by atoms with E-state index in [4.69, 9.17) is 9.47 Å². The molecule has 0 aliphatic carbocycles. The molecule has 4 rings (SSSR count). The van der Waals surface area contributed by atoms with Gasteiger partial charge in [-0.3, -0.25) is 9.52 Å². The zero-order valence-corrected chi connectivity index (χ0v) is 17.3. The Kier molecular flexibility index (Phi) is 5.51. The van der Waals surface area contributed by atoms with E-state index in [0.717, 1.165) is 29.8 Å². The molecular weight excluding hydrogens is 423 g/mol. The van der Waals surface area contributed by atoms with Gasteiger partial charge in [0.1, 0.15) is 17.3 Å². The van der Waals surface area contributed by atoms with Gasteiger partial charge in [0, 0.05) is 12.1 Å². The van der Waals surface area contributed by atoms with Crippen LogP contribution in [0.5, 0.6) is 11.5 Å². The van der Waals surface area contributed by atoms with Gasteiger partial charge in [0.2, 0.25) is 0 Å². The third-order valence-electron chi connectivity index (χ3n) is 4.77. The van der Waals surface area contributed by atoms with Gasteiger partial charge >= 0.3 is 0 Å². The number of sulfonamides is 1. The highest BCUT2D eigenvalue weighted by molar-refractivity contribution is 7.92. The number of carbonyl (C=O) groups is 1. The van der Waals surface area contributed by atoms with E-state index in [1.54, 1.807) is 12.1 Å². The number of para-hydroxylation sites is 1. The lowest BCUT2D eigenvalue weighted by Crippen LogP contribution is -2.31. The first-order valence-electron chi connectivity index (χ1n) is 9.37. The molecule has 0 spiro atoms. The monoisotopic (exact) mass is 442 g/mol. The van der Waals surface area contributed by atoms with Crippen LogP contribution in [0.2, 0.25) is 0 Å². The second kappa shape index (κ2) is 8.27. The van der Waals surface area contributed by atoms with Crippen molar-refractivity contribution in [1.29, 1.82) is 0 Å². The van der Waals surface area contributed by atoms with Gasteiger partial charge in [-0.2, -0.15) is 0 Å². The number of hydrogen-bond donors (Lipinski definition) is 2. The highest BCUT2D eigenvalue weighted by Crippen LogP contribution is 2.32. The van der Waals surface area contributed by atoms with E-state index < -0.39 is 21.9 Å². The number of hydrogen-bond acceptors (Lipinski definition) is 5. The molecule has 1 heterocycles. The van der Waals surface area contributed by atoms with Gasteiger partial charge in [-0.15, -0.1) is 0 Å². The van der Waals surface area contributed by atoms with Crippen LogP contribution in [0.4, 0.5) is 15.8 Å². The molecule has 0 fully saturated rings. The number of rotatable bonds is 6. The quantitative estimate of drug-likeness (QED) is 0.609. The maximum Gasteiger partial charge on any atom is 0.265 e. The Morgan fingerprint density at radius 3 is 2.55 bits per heavy atom. The average Bonchev–Trinajstić information content (AvgIpc) is 3.18. The van der Waals surface area contributed by atoms with Crippen molar-refractivity contribution in [1.82, 2.24) is 0 Å². The summed E-state index contributed by atoms with van der Waals surface area (Å²) in [5.41, 5.74) is 1.44. The molecule has 1 atom stereocenters. The minimum absolute atomic E-state index is 0.109. The molecule has 0 aromatic heterocycles. The molecule has 1 aliphatic heterocycles. The van der Waals surface area contributed by atoms with E-state index in [1.807, 2.05) is 18.2 Å². The minimum Gasteiger partial charge on any atom is -0.495 e. The third kappa shape index (κ3) is 4.46. The lowest BCUT2D eigenvalue weighted by atomic mass is 10.1. The van der Waals surface area contributed by atoms with Crippen LogP contribution in [0.1, 0.15) is 5.56 Å². The first kappa shape index (κ1) is 20.7. The lowest BCUT2D eigenvalue weighted by molar-refractivity contribution is -0.122. The number of methoxy groups -OCH3 is 1. The fourth-order valence-corrected chi connectivity index (χ4v) is 4.30. The molecule has 0 unspecified atom stereocenters. The van der Waals surface area contributed by atoms with Crippen molar-refractivity contribution in [3.63, 3.8) is 0 Å². The summed E-state index contributed by atoms with van der Waals surface area (Å²) in [5.74, 6) is 0.0320. The maximum absolute atomic E-state index is 13.1. The summed E-state index contributed by atoms with van der Waals surface area (Å²) < 4.78 is 51.8. The highest BCUT2D eigenvalue weighted by atomic mass is 32.2. The largest absolute Gasteiger partial charge is 0.495 e. The Morgan fingerprint density at radius 1 is 1.10 bits per heavy atom. The summed E-state index contributed by atoms with van der Waals surface area (Å²) in [4.78, 5) is 12.5. The van der Waals surface area contributed by atoms with Gasteiger partial charge in [0.05, 0.1) is 17.7 Å². The zero-order valence-electron chi connectivity index (χ0n) is 16.5. The van der Waals surface area contributed by atoms with Crippen LogP contribution in [-0.2, 0) is 21.2 Å². The second-order valence-electron chi connectivity index (χ2n) is 6.88. The SMILES string of the molecule is COc1ccc(NC(=O)[C@H]2Cc3ccccc3O2)cc1NS(=O)(=O)c1ccc(F)cc1. The number of fused-ring (bicyclic) bond motifs is 1. The average molecular weight is 442 g/mol. The van der Waals surface area contributed by atoms with Gasteiger partial charge < -0.3 is 14.8 Å². The minimum atomic E-state index is -3.99. The van der Waals surface area contributed by atoms with E-state index in [9.17, 15) is 17.6 Å². The van der Waals surface area contributed by atoms with E-state index in [1.165, 1.54) is 19.2 Å². The third-order valence-corrected chi connectivity index (χ3v) is 6.16. The van der Waals surface area contributed by atoms with E-state index >= 15 is 0 Å². The van der Waals surface area contributed by atoms with Gasteiger partial charge in [-0.05, 0) is 54.1 Å². The molecule has 0 bridgehead atoms. The van der Waals surface area contributed by atoms with Crippen molar-refractivity contribution in [3.05, 3.63) is 78.1 Å². The van der Waals surface area contributed by atoms with Crippen LogP contribution < -0.4 is 19.5 Å². The van der Waals surface area contributed by atoms with Crippen molar-refractivity contribution in [2.75, 3.05) is 17.1 Å². The van der Waals surface area contributed by atoms with Crippen molar-refractivity contribution in [3.8, 4) is 11.5 Å². The van der Waals surface area contributed by atoms with Crippen molar-refractivity contribution in [2.45, 2.75) is 17.4 Å². The topological polar surface area (TPSA) is 93.7 Å². The van der Waals surface area contributed by atoms with Crippen molar-refractivity contribution < 1.29 is 27.1 Å². The first-order chi connectivity index (χ1) is 14.9.